The molecule has 0 aliphatic rings. The zero-order chi connectivity index (χ0) is 13.7. The summed E-state index contributed by atoms with van der Waals surface area (Å²) in [5, 5.41) is 8.88. The molecule has 0 fully saturated rings. The molecule has 7 heteroatoms. The summed E-state index contributed by atoms with van der Waals surface area (Å²) in [5.74, 6) is -0.814. The summed E-state index contributed by atoms with van der Waals surface area (Å²) in [7, 11) is 5.38. The zero-order valence-corrected chi connectivity index (χ0v) is 10.8. The molecule has 0 radical (unpaired) electrons. The van der Waals surface area contributed by atoms with Gasteiger partial charge in [-0.25, -0.2) is 4.98 Å². The molecular formula is C11H18N4O3. The molecule has 1 aromatic heterocycles. The second-order valence-corrected chi connectivity index (χ2v) is 4.29. The molecule has 100 valence electrons. The van der Waals surface area contributed by atoms with E-state index in [0.717, 1.165) is 0 Å². The van der Waals surface area contributed by atoms with Crippen LogP contribution < -0.4 is 10.5 Å². The van der Waals surface area contributed by atoms with Crippen LogP contribution in [0.25, 0.3) is 0 Å². The molecule has 0 aliphatic heterocycles. The first-order valence-electron chi connectivity index (χ1n) is 5.55. The molecule has 0 spiro atoms. The number of nitrogens with zero attached hydrogens (tertiary/aromatic N) is 4. The number of aliphatic carboxylic acids is 1. The van der Waals surface area contributed by atoms with Crippen molar-refractivity contribution >= 4 is 11.8 Å². The standard InChI is InChI=1S/C11H18N4O3/c1-13(2)6-7-15(8-9(16)17)10-11(18)14(3)5-4-12-10/h4-5H,6-8H2,1-3H3,(H,16,17). The molecule has 0 aliphatic carbocycles. The normalized spacial score (nSPS) is 10.7. The van der Waals surface area contributed by atoms with Crippen LogP contribution in [-0.4, -0.2) is 59.3 Å². The van der Waals surface area contributed by atoms with Crippen LogP contribution in [0.4, 0.5) is 5.82 Å². The first-order chi connectivity index (χ1) is 8.41. The fourth-order valence-corrected chi connectivity index (χ4v) is 1.45. The van der Waals surface area contributed by atoms with Gasteiger partial charge >= 0.3 is 5.97 Å². The Labute approximate surface area is 105 Å². The van der Waals surface area contributed by atoms with E-state index in [1.165, 1.54) is 21.9 Å². The van der Waals surface area contributed by atoms with Gasteiger partial charge in [-0.1, -0.05) is 0 Å². The number of carbonyl (C=O) groups is 1. The van der Waals surface area contributed by atoms with Crippen LogP contribution in [0.3, 0.4) is 0 Å². The first kappa shape index (κ1) is 14.2. The lowest BCUT2D eigenvalue weighted by molar-refractivity contribution is -0.135. The topological polar surface area (TPSA) is 78.7 Å². The lowest BCUT2D eigenvalue weighted by Gasteiger charge is -2.23. The average Bonchev–Trinajstić information content (AvgIpc) is 2.27. The number of aromatic nitrogens is 2. The fraction of sp³-hybridized carbons (Fsp3) is 0.545. The van der Waals surface area contributed by atoms with Crippen molar-refractivity contribution in [3.8, 4) is 0 Å². The summed E-state index contributed by atoms with van der Waals surface area (Å²) in [4.78, 5) is 30.1. The Bertz CT molecular complexity index is 470. The van der Waals surface area contributed by atoms with Gasteiger partial charge in [-0.15, -0.1) is 0 Å². The van der Waals surface area contributed by atoms with E-state index in [1.807, 2.05) is 19.0 Å². The maximum absolute atomic E-state index is 11.9. The number of hydrogen-bond donors (Lipinski definition) is 1. The second kappa shape index (κ2) is 6.15. The maximum atomic E-state index is 11.9. The predicted molar refractivity (Wildman–Crippen MR) is 67.9 cm³/mol. The van der Waals surface area contributed by atoms with Gasteiger partial charge in [0, 0.05) is 32.5 Å². The molecule has 1 rings (SSSR count). The highest BCUT2D eigenvalue weighted by atomic mass is 16.4. The van der Waals surface area contributed by atoms with Crippen LogP contribution >= 0.6 is 0 Å². The van der Waals surface area contributed by atoms with Gasteiger partial charge in [0.15, 0.2) is 5.82 Å². The summed E-state index contributed by atoms with van der Waals surface area (Å²) >= 11 is 0. The predicted octanol–water partition coefficient (Wildman–Crippen LogP) is -0.767. The second-order valence-electron chi connectivity index (χ2n) is 4.29. The van der Waals surface area contributed by atoms with E-state index in [2.05, 4.69) is 4.98 Å². The van der Waals surface area contributed by atoms with Gasteiger partial charge in [0.1, 0.15) is 6.54 Å². The smallest absolute Gasteiger partial charge is 0.323 e. The number of aryl methyl sites for hydroxylation is 1. The molecule has 1 heterocycles. The average molecular weight is 254 g/mol. The Hall–Kier alpha value is -1.89. The minimum atomic E-state index is -0.985. The molecule has 0 aromatic carbocycles. The van der Waals surface area contributed by atoms with Gasteiger partial charge in [-0.3, -0.25) is 9.59 Å². The van der Waals surface area contributed by atoms with Crippen LogP contribution in [-0.2, 0) is 11.8 Å². The lowest BCUT2D eigenvalue weighted by atomic mass is 10.4. The highest BCUT2D eigenvalue weighted by Crippen LogP contribution is 2.02. The summed E-state index contributed by atoms with van der Waals surface area (Å²) in [6.07, 6.45) is 3.03. The van der Waals surface area contributed by atoms with E-state index in [0.29, 0.717) is 13.1 Å². The third-order valence-electron chi connectivity index (χ3n) is 2.44. The van der Waals surface area contributed by atoms with Gasteiger partial charge in [0.25, 0.3) is 5.56 Å². The van der Waals surface area contributed by atoms with E-state index in [4.69, 9.17) is 5.11 Å². The molecule has 0 unspecified atom stereocenters. The lowest BCUT2D eigenvalue weighted by Crippen LogP contribution is -2.40. The number of rotatable bonds is 6. The van der Waals surface area contributed by atoms with E-state index in [1.54, 1.807) is 7.05 Å². The summed E-state index contributed by atoms with van der Waals surface area (Å²) < 4.78 is 1.38. The van der Waals surface area contributed by atoms with Crippen molar-refractivity contribution < 1.29 is 9.90 Å². The van der Waals surface area contributed by atoms with E-state index in [-0.39, 0.29) is 17.9 Å². The third-order valence-corrected chi connectivity index (χ3v) is 2.44. The number of hydrogen-bond acceptors (Lipinski definition) is 5. The van der Waals surface area contributed by atoms with Crippen LogP contribution in [0.2, 0.25) is 0 Å². The molecule has 7 nitrogen and oxygen atoms in total. The number of anilines is 1. The van der Waals surface area contributed by atoms with E-state index >= 15 is 0 Å². The monoisotopic (exact) mass is 254 g/mol. The van der Waals surface area contributed by atoms with E-state index < -0.39 is 5.97 Å². The van der Waals surface area contributed by atoms with Crippen molar-refractivity contribution in [2.75, 3.05) is 38.6 Å². The molecule has 1 N–H and O–H groups in total. The molecule has 0 bridgehead atoms. The van der Waals surface area contributed by atoms with Gasteiger partial charge in [-0.05, 0) is 14.1 Å². The largest absolute Gasteiger partial charge is 0.480 e. The minimum absolute atomic E-state index is 0.171. The third kappa shape index (κ3) is 3.85. The van der Waals surface area contributed by atoms with Gasteiger partial charge in [0.05, 0.1) is 0 Å². The Kier molecular flexibility index (Phi) is 4.85. The molecule has 0 saturated carbocycles. The summed E-state index contributed by atoms with van der Waals surface area (Å²) in [5.41, 5.74) is -0.294. The Morgan fingerprint density at radius 2 is 2.11 bits per heavy atom. The van der Waals surface area contributed by atoms with E-state index in [9.17, 15) is 9.59 Å². The Morgan fingerprint density at radius 3 is 2.67 bits per heavy atom. The number of likely N-dealkylation sites (N-methyl/N-ethyl adjacent to an activating group) is 1. The van der Waals surface area contributed by atoms with Crippen molar-refractivity contribution in [2.24, 2.45) is 7.05 Å². The van der Waals surface area contributed by atoms with Crippen molar-refractivity contribution in [3.05, 3.63) is 22.7 Å². The quantitative estimate of drug-likeness (QED) is 0.718. The summed E-state index contributed by atoms with van der Waals surface area (Å²) in [6.45, 7) is 0.846. The van der Waals surface area contributed by atoms with Crippen molar-refractivity contribution in [1.29, 1.82) is 0 Å². The number of carboxylic acids is 1. The Morgan fingerprint density at radius 1 is 1.44 bits per heavy atom. The van der Waals surface area contributed by atoms with Gasteiger partial charge in [0.2, 0.25) is 0 Å². The summed E-state index contributed by atoms with van der Waals surface area (Å²) in [6, 6.07) is 0. The molecule has 18 heavy (non-hydrogen) atoms. The van der Waals surface area contributed by atoms with Crippen molar-refractivity contribution in [2.45, 2.75) is 0 Å². The van der Waals surface area contributed by atoms with Crippen LogP contribution in [0.15, 0.2) is 17.2 Å². The minimum Gasteiger partial charge on any atom is -0.480 e. The molecule has 0 atom stereocenters. The maximum Gasteiger partial charge on any atom is 0.323 e. The molecular weight excluding hydrogens is 236 g/mol. The molecule has 1 aromatic rings. The molecule has 0 saturated heterocycles. The zero-order valence-electron chi connectivity index (χ0n) is 10.8. The van der Waals surface area contributed by atoms with Crippen LogP contribution in [0, 0.1) is 0 Å². The SMILES string of the molecule is CN(C)CCN(CC(=O)O)c1nccn(C)c1=O. The fourth-order valence-electron chi connectivity index (χ4n) is 1.45. The molecule has 0 amide bonds. The highest BCUT2D eigenvalue weighted by Gasteiger charge is 2.16. The van der Waals surface area contributed by atoms with Gasteiger partial charge in [-0.2, -0.15) is 0 Å². The van der Waals surface area contributed by atoms with Crippen LogP contribution in [0.1, 0.15) is 0 Å². The number of carboxylic acid groups (broad SMARTS) is 1. The van der Waals surface area contributed by atoms with Crippen molar-refractivity contribution in [1.82, 2.24) is 14.5 Å². The van der Waals surface area contributed by atoms with Gasteiger partial charge < -0.3 is 19.5 Å². The highest BCUT2D eigenvalue weighted by molar-refractivity contribution is 5.73. The first-order valence-corrected chi connectivity index (χ1v) is 5.55. The van der Waals surface area contributed by atoms with Crippen molar-refractivity contribution in [3.63, 3.8) is 0 Å². The Balaban J connectivity index is 2.97. The van der Waals surface area contributed by atoms with Crippen LogP contribution in [0.5, 0.6) is 0 Å².